The standard InChI is InChI=1S/C17H21N3O/c1-18-15-5-2-6-16-14(15)7-8-17(21)20(16)11-9-13-4-3-10-19-12-13/h3-4,7-8,10,12,15,18H,2,5-6,9,11H2,1H3. The van der Waals surface area contributed by atoms with Crippen LogP contribution in [0.1, 0.15) is 35.7 Å². The van der Waals surface area contributed by atoms with Gasteiger partial charge in [0.25, 0.3) is 5.56 Å². The van der Waals surface area contributed by atoms with Gasteiger partial charge < -0.3 is 9.88 Å². The lowest BCUT2D eigenvalue weighted by Gasteiger charge is -2.27. The highest BCUT2D eigenvalue weighted by Crippen LogP contribution is 2.28. The van der Waals surface area contributed by atoms with Gasteiger partial charge in [-0.2, -0.15) is 0 Å². The van der Waals surface area contributed by atoms with Crippen LogP contribution in [0.2, 0.25) is 0 Å². The summed E-state index contributed by atoms with van der Waals surface area (Å²) in [5.74, 6) is 0. The molecule has 0 fully saturated rings. The maximum Gasteiger partial charge on any atom is 0.250 e. The van der Waals surface area contributed by atoms with Crippen molar-refractivity contribution >= 4 is 0 Å². The van der Waals surface area contributed by atoms with Crippen LogP contribution in [-0.4, -0.2) is 16.6 Å². The summed E-state index contributed by atoms with van der Waals surface area (Å²) in [6.07, 6.45) is 7.76. The highest BCUT2D eigenvalue weighted by Gasteiger charge is 2.21. The molecule has 1 N–H and O–H groups in total. The molecule has 0 aliphatic heterocycles. The van der Waals surface area contributed by atoms with Crippen molar-refractivity contribution in [1.29, 1.82) is 0 Å². The number of hydrogen-bond donors (Lipinski definition) is 1. The minimum atomic E-state index is 0.106. The number of pyridine rings is 2. The summed E-state index contributed by atoms with van der Waals surface area (Å²) in [4.78, 5) is 16.4. The Bertz CT molecular complexity index is 663. The molecule has 0 bridgehead atoms. The number of rotatable bonds is 4. The maximum absolute atomic E-state index is 12.2. The molecule has 2 aromatic heterocycles. The fraction of sp³-hybridized carbons (Fsp3) is 0.412. The van der Waals surface area contributed by atoms with E-state index in [1.165, 1.54) is 16.8 Å². The van der Waals surface area contributed by atoms with Crippen molar-refractivity contribution in [1.82, 2.24) is 14.9 Å². The van der Waals surface area contributed by atoms with Crippen molar-refractivity contribution in [2.45, 2.75) is 38.3 Å². The highest BCUT2D eigenvalue weighted by atomic mass is 16.1. The van der Waals surface area contributed by atoms with Gasteiger partial charge in [0.2, 0.25) is 0 Å². The van der Waals surface area contributed by atoms with Crippen LogP contribution in [0.3, 0.4) is 0 Å². The van der Waals surface area contributed by atoms with E-state index < -0.39 is 0 Å². The van der Waals surface area contributed by atoms with Crippen molar-refractivity contribution in [3.05, 3.63) is 63.8 Å². The first-order valence-corrected chi connectivity index (χ1v) is 7.58. The van der Waals surface area contributed by atoms with Gasteiger partial charge in [0.1, 0.15) is 0 Å². The molecule has 0 aromatic carbocycles. The largest absolute Gasteiger partial charge is 0.313 e. The predicted octanol–water partition coefficient (Wildman–Crippen LogP) is 2.08. The summed E-state index contributed by atoms with van der Waals surface area (Å²) in [6, 6.07) is 8.08. The molecule has 1 atom stereocenters. The summed E-state index contributed by atoms with van der Waals surface area (Å²) in [6.45, 7) is 0.726. The Kier molecular flexibility index (Phi) is 4.15. The minimum absolute atomic E-state index is 0.106. The molecule has 4 nitrogen and oxygen atoms in total. The molecule has 0 amide bonds. The summed E-state index contributed by atoms with van der Waals surface area (Å²) in [5, 5.41) is 3.36. The third-order valence-corrected chi connectivity index (χ3v) is 4.31. The fourth-order valence-electron chi connectivity index (χ4n) is 3.19. The van der Waals surface area contributed by atoms with Crippen LogP contribution >= 0.6 is 0 Å². The molecular weight excluding hydrogens is 262 g/mol. The number of aromatic nitrogens is 2. The first-order valence-electron chi connectivity index (χ1n) is 7.58. The average molecular weight is 283 g/mol. The Morgan fingerprint density at radius 2 is 2.29 bits per heavy atom. The van der Waals surface area contributed by atoms with Crippen LogP contribution in [0.4, 0.5) is 0 Å². The van der Waals surface area contributed by atoms with E-state index >= 15 is 0 Å². The zero-order valence-corrected chi connectivity index (χ0v) is 12.4. The molecule has 1 unspecified atom stereocenters. The van der Waals surface area contributed by atoms with Crippen LogP contribution < -0.4 is 10.9 Å². The molecule has 110 valence electrons. The van der Waals surface area contributed by atoms with Gasteiger partial charge in [0, 0.05) is 36.7 Å². The zero-order valence-electron chi connectivity index (χ0n) is 12.4. The predicted molar refractivity (Wildman–Crippen MR) is 83.4 cm³/mol. The molecule has 1 aliphatic carbocycles. The number of hydrogen-bond acceptors (Lipinski definition) is 3. The van der Waals surface area contributed by atoms with E-state index in [1.807, 2.05) is 29.9 Å². The van der Waals surface area contributed by atoms with Crippen molar-refractivity contribution in [2.75, 3.05) is 7.05 Å². The van der Waals surface area contributed by atoms with Crippen LogP contribution in [0, 0.1) is 0 Å². The molecular formula is C17H21N3O. The van der Waals surface area contributed by atoms with Gasteiger partial charge in [-0.1, -0.05) is 12.1 Å². The summed E-state index contributed by atoms with van der Waals surface area (Å²) < 4.78 is 1.95. The van der Waals surface area contributed by atoms with Gasteiger partial charge in [-0.25, -0.2) is 0 Å². The first kappa shape index (κ1) is 14.0. The molecule has 2 aromatic rings. The van der Waals surface area contributed by atoms with E-state index in [4.69, 9.17) is 0 Å². The summed E-state index contributed by atoms with van der Waals surface area (Å²) in [5.41, 5.74) is 3.77. The second-order valence-corrected chi connectivity index (χ2v) is 5.57. The smallest absolute Gasteiger partial charge is 0.250 e. The molecule has 4 heteroatoms. The number of fused-ring (bicyclic) bond motifs is 1. The fourth-order valence-corrected chi connectivity index (χ4v) is 3.19. The highest BCUT2D eigenvalue weighted by molar-refractivity contribution is 5.27. The van der Waals surface area contributed by atoms with Gasteiger partial charge in [-0.3, -0.25) is 9.78 Å². The summed E-state index contributed by atoms with van der Waals surface area (Å²) in [7, 11) is 1.99. The van der Waals surface area contributed by atoms with Crippen molar-refractivity contribution in [2.24, 2.45) is 0 Å². The van der Waals surface area contributed by atoms with Gasteiger partial charge in [-0.15, -0.1) is 0 Å². The Morgan fingerprint density at radius 3 is 3.05 bits per heavy atom. The third kappa shape index (κ3) is 2.90. The monoisotopic (exact) mass is 283 g/mol. The second-order valence-electron chi connectivity index (χ2n) is 5.57. The van der Waals surface area contributed by atoms with E-state index in [0.717, 1.165) is 32.2 Å². The molecule has 2 heterocycles. The van der Waals surface area contributed by atoms with Crippen molar-refractivity contribution < 1.29 is 0 Å². The molecule has 0 saturated carbocycles. The summed E-state index contributed by atoms with van der Waals surface area (Å²) >= 11 is 0. The first-order chi connectivity index (χ1) is 10.3. The van der Waals surface area contributed by atoms with Crippen LogP contribution in [0.5, 0.6) is 0 Å². The van der Waals surface area contributed by atoms with Crippen LogP contribution in [0.15, 0.2) is 41.5 Å². The lowest BCUT2D eigenvalue weighted by molar-refractivity contribution is 0.467. The molecule has 3 rings (SSSR count). The van der Waals surface area contributed by atoms with E-state index in [0.29, 0.717) is 6.04 Å². The van der Waals surface area contributed by atoms with E-state index in [2.05, 4.69) is 16.4 Å². The van der Waals surface area contributed by atoms with Gasteiger partial charge >= 0.3 is 0 Å². The van der Waals surface area contributed by atoms with E-state index in [-0.39, 0.29) is 5.56 Å². The quantitative estimate of drug-likeness (QED) is 0.934. The lowest BCUT2D eigenvalue weighted by Crippen LogP contribution is -2.31. The Morgan fingerprint density at radius 1 is 1.38 bits per heavy atom. The zero-order chi connectivity index (χ0) is 14.7. The molecule has 0 radical (unpaired) electrons. The lowest BCUT2D eigenvalue weighted by atomic mass is 9.91. The van der Waals surface area contributed by atoms with Crippen LogP contribution in [-0.2, 0) is 19.4 Å². The molecule has 21 heavy (non-hydrogen) atoms. The Hall–Kier alpha value is -1.94. The van der Waals surface area contributed by atoms with Gasteiger partial charge in [0.05, 0.1) is 0 Å². The number of nitrogens with zero attached hydrogens (tertiary/aromatic N) is 2. The van der Waals surface area contributed by atoms with E-state index in [9.17, 15) is 4.79 Å². The third-order valence-electron chi connectivity index (χ3n) is 4.31. The second kappa shape index (κ2) is 6.22. The maximum atomic E-state index is 12.2. The van der Waals surface area contributed by atoms with Gasteiger partial charge in [-0.05, 0) is 49.9 Å². The van der Waals surface area contributed by atoms with Gasteiger partial charge in [0.15, 0.2) is 0 Å². The number of aryl methyl sites for hydroxylation is 1. The number of nitrogens with one attached hydrogen (secondary N) is 1. The van der Waals surface area contributed by atoms with Crippen molar-refractivity contribution in [3.63, 3.8) is 0 Å². The topological polar surface area (TPSA) is 46.9 Å². The normalized spacial score (nSPS) is 17.5. The molecule has 0 spiro atoms. The Balaban J connectivity index is 1.89. The van der Waals surface area contributed by atoms with Crippen LogP contribution in [0.25, 0.3) is 0 Å². The Labute approximate surface area is 124 Å². The molecule has 1 aliphatic rings. The van der Waals surface area contributed by atoms with E-state index in [1.54, 1.807) is 12.3 Å². The minimum Gasteiger partial charge on any atom is -0.313 e. The SMILES string of the molecule is CNC1CCCc2c1ccc(=O)n2CCc1cccnc1. The van der Waals surface area contributed by atoms with Crippen molar-refractivity contribution in [3.8, 4) is 0 Å². The molecule has 0 saturated heterocycles. The average Bonchev–Trinajstić information content (AvgIpc) is 2.54.